The minimum absolute atomic E-state index is 0.0730. The quantitative estimate of drug-likeness (QED) is 0.156. The summed E-state index contributed by atoms with van der Waals surface area (Å²) < 4.78 is 7.80. The summed E-state index contributed by atoms with van der Waals surface area (Å²) in [5, 5.41) is 27.4. The third kappa shape index (κ3) is 4.20. The van der Waals surface area contributed by atoms with Crippen LogP contribution in [0.2, 0.25) is 0 Å². The maximum absolute atomic E-state index is 12.8. The molecule has 5 rings (SSSR count). The van der Waals surface area contributed by atoms with E-state index in [1.165, 1.54) is 41.1 Å². The topological polar surface area (TPSA) is 134 Å². The number of halogens is 1. The van der Waals surface area contributed by atoms with Gasteiger partial charge in [0.2, 0.25) is 0 Å². The van der Waals surface area contributed by atoms with Crippen LogP contribution in [0.1, 0.15) is 0 Å². The zero-order chi connectivity index (χ0) is 24.7. The molecule has 10 nitrogen and oxygen atoms in total. The molecule has 2 heterocycles. The summed E-state index contributed by atoms with van der Waals surface area (Å²) in [5.74, 6) is 0. The summed E-state index contributed by atoms with van der Waals surface area (Å²) >= 11 is 3.41. The van der Waals surface area contributed by atoms with Gasteiger partial charge >= 0.3 is 5.63 Å². The second-order valence-corrected chi connectivity index (χ2v) is 8.45. The van der Waals surface area contributed by atoms with E-state index < -0.39 is 15.5 Å². The zero-order valence-electron chi connectivity index (χ0n) is 17.6. The zero-order valence-corrected chi connectivity index (χ0v) is 19.2. The van der Waals surface area contributed by atoms with E-state index in [0.717, 1.165) is 4.47 Å². The number of nitro benzene ring substituents is 2. The van der Waals surface area contributed by atoms with Crippen LogP contribution < -0.4 is 5.63 Å². The largest absolute Gasteiger partial charge is 0.422 e. The SMILES string of the molecule is O=c1oc2ccc(Br)cc2cc1-c1cc(-c2ccc([N+](=O)[O-])cc2)n(-c2ccc([N+](=O)[O-])cc2)n1. The summed E-state index contributed by atoms with van der Waals surface area (Å²) in [7, 11) is 0. The Bertz CT molecular complexity index is 1600. The predicted octanol–water partition coefficient (Wildman–Crippen LogP) is 5.89. The molecule has 0 aliphatic carbocycles. The Labute approximate surface area is 204 Å². The number of rotatable bonds is 5. The van der Waals surface area contributed by atoms with Gasteiger partial charge in [-0.15, -0.1) is 0 Å². The van der Waals surface area contributed by atoms with E-state index in [4.69, 9.17) is 4.42 Å². The Balaban J connectivity index is 1.70. The van der Waals surface area contributed by atoms with Crippen LogP contribution in [-0.4, -0.2) is 19.6 Å². The van der Waals surface area contributed by atoms with Crippen molar-refractivity contribution in [3.63, 3.8) is 0 Å². The normalized spacial score (nSPS) is 11.0. The van der Waals surface area contributed by atoms with Crippen molar-refractivity contribution in [1.29, 1.82) is 0 Å². The molecule has 0 unspecified atom stereocenters. The van der Waals surface area contributed by atoms with Crippen LogP contribution in [0.25, 0.3) is 39.2 Å². The lowest BCUT2D eigenvalue weighted by Crippen LogP contribution is -2.04. The summed E-state index contributed by atoms with van der Waals surface area (Å²) in [4.78, 5) is 33.9. The first-order valence-electron chi connectivity index (χ1n) is 10.1. The fraction of sp³-hybridized carbons (Fsp3) is 0. The predicted molar refractivity (Wildman–Crippen MR) is 131 cm³/mol. The lowest BCUT2D eigenvalue weighted by molar-refractivity contribution is -0.385. The number of nitro groups is 2. The molecule has 0 aliphatic heterocycles. The summed E-state index contributed by atoms with van der Waals surface area (Å²) in [6.07, 6.45) is 0. The molecule has 5 aromatic rings. The van der Waals surface area contributed by atoms with Crippen molar-refractivity contribution < 1.29 is 14.3 Å². The minimum Gasteiger partial charge on any atom is -0.422 e. The van der Waals surface area contributed by atoms with Crippen molar-refractivity contribution in [3.8, 4) is 28.2 Å². The lowest BCUT2D eigenvalue weighted by Gasteiger charge is -2.07. The fourth-order valence-corrected chi connectivity index (χ4v) is 4.04. The molecule has 0 fully saturated rings. The van der Waals surface area contributed by atoms with E-state index in [-0.39, 0.29) is 16.9 Å². The molecule has 2 aromatic heterocycles. The number of aromatic nitrogens is 2. The van der Waals surface area contributed by atoms with Crippen LogP contribution in [0.4, 0.5) is 11.4 Å². The van der Waals surface area contributed by atoms with Crippen LogP contribution in [0.5, 0.6) is 0 Å². The van der Waals surface area contributed by atoms with Crippen LogP contribution in [0.15, 0.2) is 92.5 Å². The number of hydrogen-bond acceptors (Lipinski definition) is 7. The van der Waals surface area contributed by atoms with Crippen LogP contribution in [0.3, 0.4) is 0 Å². The molecule has 0 aliphatic rings. The monoisotopic (exact) mass is 532 g/mol. The average Bonchev–Trinajstić information content (AvgIpc) is 3.29. The lowest BCUT2D eigenvalue weighted by atomic mass is 10.1. The molecule has 35 heavy (non-hydrogen) atoms. The van der Waals surface area contributed by atoms with Crippen LogP contribution >= 0.6 is 15.9 Å². The standard InChI is InChI=1S/C24H13BrN4O6/c25-16-3-10-23-15(11-16)12-20(24(30)35-23)21-13-22(14-1-4-18(5-2-14)28(31)32)27(26-21)17-6-8-19(9-7-17)29(33)34/h1-13H. The summed E-state index contributed by atoms with van der Waals surface area (Å²) in [6.45, 7) is 0. The van der Waals surface area contributed by atoms with E-state index in [1.54, 1.807) is 36.4 Å². The molecule has 3 aromatic carbocycles. The molecular formula is C24H13BrN4O6. The molecule has 0 amide bonds. The van der Waals surface area contributed by atoms with Gasteiger partial charge in [0.25, 0.3) is 11.4 Å². The van der Waals surface area contributed by atoms with Gasteiger partial charge in [-0.05, 0) is 54.6 Å². The summed E-state index contributed by atoms with van der Waals surface area (Å²) in [5.41, 5.74) is 1.85. The number of hydrogen-bond donors (Lipinski definition) is 0. The highest BCUT2D eigenvalue weighted by molar-refractivity contribution is 9.10. The van der Waals surface area contributed by atoms with Crippen molar-refractivity contribution in [2.75, 3.05) is 0 Å². The highest BCUT2D eigenvalue weighted by atomic mass is 79.9. The maximum Gasteiger partial charge on any atom is 0.345 e. The number of non-ortho nitro benzene ring substituents is 2. The number of nitrogens with zero attached hydrogens (tertiary/aromatic N) is 4. The highest BCUT2D eigenvalue weighted by Gasteiger charge is 2.18. The molecular weight excluding hydrogens is 520 g/mol. The molecule has 172 valence electrons. The van der Waals surface area contributed by atoms with Gasteiger partial charge in [-0.2, -0.15) is 5.10 Å². The minimum atomic E-state index is -0.580. The molecule has 0 atom stereocenters. The average molecular weight is 533 g/mol. The molecule has 0 N–H and O–H groups in total. The Morgan fingerprint density at radius 3 is 2.09 bits per heavy atom. The van der Waals surface area contributed by atoms with Crippen molar-refractivity contribution in [3.05, 3.63) is 114 Å². The van der Waals surface area contributed by atoms with E-state index in [1.807, 2.05) is 6.07 Å². The van der Waals surface area contributed by atoms with Crippen molar-refractivity contribution in [2.45, 2.75) is 0 Å². The number of benzene rings is 3. The van der Waals surface area contributed by atoms with Gasteiger partial charge in [-0.1, -0.05) is 15.9 Å². The van der Waals surface area contributed by atoms with E-state index in [9.17, 15) is 25.0 Å². The van der Waals surface area contributed by atoms with Crippen molar-refractivity contribution >= 4 is 38.3 Å². The summed E-state index contributed by atoms with van der Waals surface area (Å²) in [6, 6.07) is 20.2. The molecule has 0 bridgehead atoms. The molecule has 0 radical (unpaired) electrons. The van der Waals surface area contributed by atoms with Gasteiger partial charge in [0, 0.05) is 39.7 Å². The first-order chi connectivity index (χ1) is 16.8. The second kappa shape index (κ2) is 8.61. The van der Waals surface area contributed by atoms with E-state index >= 15 is 0 Å². The van der Waals surface area contributed by atoms with Gasteiger partial charge in [0.05, 0.1) is 26.8 Å². The maximum atomic E-state index is 12.8. The molecule has 11 heteroatoms. The van der Waals surface area contributed by atoms with Crippen molar-refractivity contribution in [2.24, 2.45) is 0 Å². The first-order valence-corrected chi connectivity index (χ1v) is 10.9. The van der Waals surface area contributed by atoms with E-state index in [0.29, 0.717) is 33.6 Å². The fourth-order valence-electron chi connectivity index (χ4n) is 3.66. The van der Waals surface area contributed by atoms with Gasteiger partial charge < -0.3 is 4.42 Å². The third-order valence-electron chi connectivity index (χ3n) is 5.36. The van der Waals surface area contributed by atoms with Crippen LogP contribution in [-0.2, 0) is 0 Å². The Morgan fingerprint density at radius 2 is 1.46 bits per heavy atom. The van der Waals surface area contributed by atoms with Crippen molar-refractivity contribution in [1.82, 2.24) is 9.78 Å². The Hall–Kier alpha value is -4.64. The third-order valence-corrected chi connectivity index (χ3v) is 5.85. The molecule has 0 spiro atoms. The Kier molecular flexibility index (Phi) is 5.46. The van der Waals surface area contributed by atoms with Crippen LogP contribution in [0, 0.1) is 20.2 Å². The van der Waals surface area contributed by atoms with E-state index in [2.05, 4.69) is 21.0 Å². The highest BCUT2D eigenvalue weighted by Crippen LogP contribution is 2.31. The smallest absolute Gasteiger partial charge is 0.345 e. The molecule has 0 saturated carbocycles. The second-order valence-electron chi connectivity index (χ2n) is 7.53. The van der Waals surface area contributed by atoms with Gasteiger partial charge in [0.15, 0.2) is 0 Å². The molecule has 0 saturated heterocycles. The number of fused-ring (bicyclic) bond motifs is 1. The first kappa shape index (κ1) is 22.2. The van der Waals surface area contributed by atoms with Gasteiger partial charge in [-0.3, -0.25) is 20.2 Å². The van der Waals surface area contributed by atoms with Gasteiger partial charge in [-0.25, -0.2) is 9.48 Å². The van der Waals surface area contributed by atoms with Gasteiger partial charge in [0.1, 0.15) is 11.3 Å². The Morgan fingerprint density at radius 1 is 0.829 bits per heavy atom.